The minimum absolute atomic E-state index is 0.0354. The van der Waals surface area contributed by atoms with Crippen molar-refractivity contribution in [2.75, 3.05) is 4.72 Å². The zero-order valence-corrected chi connectivity index (χ0v) is 15.1. The molecule has 7 heteroatoms. The highest BCUT2D eigenvalue weighted by molar-refractivity contribution is 7.92. The van der Waals surface area contributed by atoms with Crippen molar-refractivity contribution in [2.24, 2.45) is 0 Å². The van der Waals surface area contributed by atoms with E-state index in [9.17, 15) is 13.2 Å². The summed E-state index contributed by atoms with van der Waals surface area (Å²) in [5, 5.41) is 9.64. The van der Waals surface area contributed by atoms with Crippen LogP contribution >= 0.6 is 11.6 Å². The first kappa shape index (κ1) is 18.3. The number of benzene rings is 2. The van der Waals surface area contributed by atoms with Crippen molar-refractivity contribution >= 4 is 33.3 Å². The number of carbonyl (C=O) groups is 1. The molecule has 2 N–H and O–H groups in total. The molecule has 0 amide bonds. The lowest BCUT2D eigenvalue weighted by atomic mass is 10.0. The third kappa shape index (κ3) is 3.88. The van der Waals surface area contributed by atoms with Crippen molar-refractivity contribution in [3.63, 3.8) is 0 Å². The molecule has 2 rings (SSSR count). The minimum Gasteiger partial charge on any atom is -0.478 e. The van der Waals surface area contributed by atoms with Gasteiger partial charge in [-0.3, -0.25) is 4.72 Å². The van der Waals surface area contributed by atoms with Crippen LogP contribution in [0.4, 0.5) is 5.69 Å². The number of aromatic carboxylic acids is 1. The van der Waals surface area contributed by atoms with Gasteiger partial charge in [-0.05, 0) is 54.3 Å². The zero-order valence-electron chi connectivity index (χ0n) is 13.5. The molecule has 0 saturated heterocycles. The molecule has 0 spiro atoms. The van der Waals surface area contributed by atoms with E-state index in [0.29, 0.717) is 21.8 Å². The van der Waals surface area contributed by atoms with Gasteiger partial charge in [0.05, 0.1) is 16.1 Å². The van der Waals surface area contributed by atoms with Crippen molar-refractivity contribution in [1.82, 2.24) is 0 Å². The normalized spacial score (nSPS) is 11.5. The maximum atomic E-state index is 12.8. The van der Waals surface area contributed by atoms with Gasteiger partial charge in [0.2, 0.25) is 0 Å². The lowest BCUT2D eigenvalue weighted by Crippen LogP contribution is -2.17. The van der Waals surface area contributed by atoms with E-state index in [1.54, 1.807) is 25.1 Å². The van der Waals surface area contributed by atoms with Gasteiger partial charge < -0.3 is 5.11 Å². The van der Waals surface area contributed by atoms with Gasteiger partial charge in [0.1, 0.15) is 0 Å². The molecule has 0 fully saturated rings. The maximum absolute atomic E-state index is 12.8. The van der Waals surface area contributed by atoms with Crippen molar-refractivity contribution in [3.8, 4) is 0 Å². The number of sulfonamides is 1. The monoisotopic (exact) mass is 367 g/mol. The summed E-state index contributed by atoms with van der Waals surface area (Å²) in [6.45, 7) is 5.44. The van der Waals surface area contributed by atoms with Crippen LogP contribution < -0.4 is 4.72 Å². The van der Waals surface area contributed by atoms with Gasteiger partial charge in [-0.1, -0.05) is 31.5 Å². The van der Waals surface area contributed by atoms with Gasteiger partial charge in [0.15, 0.2) is 0 Å². The first-order chi connectivity index (χ1) is 11.1. The van der Waals surface area contributed by atoms with Crippen molar-refractivity contribution in [2.45, 2.75) is 31.6 Å². The van der Waals surface area contributed by atoms with Crippen LogP contribution in [0, 0.1) is 6.92 Å². The molecule has 128 valence electrons. The Balaban J connectivity index is 2.55. The Morgan fingerprint density at radius 2 is 1.83 bits per heavy atom. The number of nitrogens with one attached hydrogen (secondary N) is 1. The highest BCUT2D eigenvalue weighted by atomic mass is 35.5. The van der Waals surface area contributed by atoms with E-state index in [2.05, 4.69) is 4.72 Å². The van der Waals surface area contributed by atoms with Gasteiger partial charge in [-0.25, -0.2) is 13.2 Å². The van der Waals surface area contributed by atoms with Gasteiger partial charge in [0.25, 0.3) is 10.0 Å². The summed E-state index contributed by atoms with van der Waals surface area (Å²) in [4.78, 5) is 11.1. The quantitative estimate of drug-likeness (QED) is 0.826. The molecule has 5 nitrogen and oxygen atoms in total. The molecule has 0 saturated carbocycles. The number of carboxylic acid groups (broad SMARTS) is 1. The van der Waals surface area contributed by atoms with E-state index in [1.807, 2.05) is 13.8 Å². The van der Waals surface area contributed by atoms with Gasteiger partial charge >= 0.3 is 5.97 Å². The second-order valence-electron chi connectivity index (χ2n) is 5.78. The van der Waals surface area contributed by atoms with Crippen LogP contribution in [0.15, 0.2) is 41.3 Å². The van der Waals surface area contributed by atoms with Crippen molar-refractivity contribution < 1.29 is 18.3 Å². The molecule has 0 aliphatic heterocycles. The Morgan fingerprint density at radius 1 is 1.17 bits per heavy atom. The second-order valence-corrected chi connectivity index (χ2v) is 7.86. The Bertz CT molecular complexity index is 891. The first-order valence-corrected chi connectivity index (χ1v) is 9.14. The fraction of sp³-hybridized carbons (Fsp3) is 0.235. The molecule has 0 aliphatic carbocycles. The van der Waals surface area contributed by atoms with E-state index < -0.39 is 16.0 Å². The first-order valence-electron chi connectivity index (χ1n) is 7.28. The molecule has 0 aromatic heterocycles. The van der Waals surface area contributed by atoms with Crippen LogP contribution in [0.3, 0.4) is 0 Å². The fourth-order valence-corrected chi connectivity index (χ4v) is 4.07. The lowest BCUT2D eigenvalue weighted by molar-refractivity contribution is 0.0696. The molecular formula is C17H18ClNO4S. The third-order valence-electron chi connectivity index (χ3n) is 3.60. The Hall–Kier alpha value is -2.05. The summed E-state index contributed by atoms with van der Waals surface area (Å²) in [5.41, 5.74) is 1.55. The number of hydrogen-bond acceptors (Lipinski definition) is 3. The molecule has 0 bridgehead atoms. The largest absolute Gasteiger partial charge is 0.478 e. The highest BCUT2D eigenvalue weighted by Crippen LogP contribution is 2.28. The number of aryl methyl sites for hydroxylation is 1. The molecule has 0 unspecified atom stereocenters. The SMILES string of the molecule is Cc1cc(Cl)ccc1NS(=O)(=O)c1cc(C(=O)O)ccc1C(C)C. The van der Waals surface area contributed by atoms with Crippen LogP contribution in [-0.2, 0) is 10.0 Å². The van der Waals surface area contributed by atoms with E-state index in [4.69, 9.17) is 16.7 Å². The van der Waals surface area contributed by atoms with E-state index >= 15 is 0 Å². The topological polar surface area (TPSA) is 83.5 Å². The Kier molecular flexibility index (Phi) is 5.20. The molecular weight excluding hydrogens is 350 g/mol. The van der Waals surface area contributed by atoms with Crippen molar-refractivity contribution in [3.05, 3.63) is 58.1 Å². The summed E-state index contributed by atoms with van der Waals surface area (Å²) < 4.78 is 28.1. The highest BCUT2D eigenvalue weighted by Gasteiger charge is 2.23. The number of halogens is 1. The molecule has 24 heavy (non-hydrogen) atoms. The molecule has 0 radical (unpaired) electrons. The number of hydrogen-bond donors (Lipinski definition) is 2. The molecule has 0 atom stereocenters. The average Bonchev–Trinajstić information content (AvgIpc) is 2.49. The predicted molar refractivity (Wildman–Crippen MR) is 94.5 cm³/mol. The second kappa shape index (κ2) is 6.83. The maximum Gasteiger partial charge on any atom is 0.335 e. The zero-order chi connectivity index (χ0) is 18.1. The smallest absolute Gasteiger partial charge is 0.335 e. The number of rotatable bonds is 5. The van der Waals surface area contributed by atoms with E-state index in [1.165, 1.54) is 18.2 Å². The van der Waals surface area contributed by atoms with Gasteiger partial charge in [-0.15, -0.1) is 0 Å². The number of carboxylic acids is 1. The molecule has 2 aromatic rings. The van der Waals surface area contributed by atoms with E-state index in [0.717, 1.165) is 0 Å². The standard InChI is InChI=1S/C17H18ClNO4S/c1-10(2)14-6-4-12(17(20)21)9-16(14)24(22,23)19-15-7-5-13(18)8-11(15)3/h4-10,19H,1-3H3,(H,20,21). The molecule has 2 aromatic carbocycles. The van der Waals surface area contributed by atoms with E-state index in [-0.39, 0.29) is 16.4 Å². The van der Waals surface area contributed by atoms with Crippen molar-refractivity contribution in [1.29, 1.82) is 0 Å². The summed E-state index contributed by atoms with van der Waals surface area (Å²) in [7, 11) is -3.94. The van der Waals surface area contributed by atoms with Gasteiger partial charge in [-0.2, -0.15) is 0 Å². The minimum atomic E-state index is -3.94. The Morgan fingerprint density at radius 3 is 2.38 bits per heavy atom. The third-order valence-corrected chi connectivity index (χ3v) is 5.26. The van der Waals surface area contributed by atoms with Gasteiger partial charge in [0, 0.05) is 5.02 Å². The Labute approximate surface area is 146 Å². The summed E-state index contributed by atoms with van der Waals surface area (Å²) >= 11 is 5.89. The van der Waals surface area contributed by atoms with Crippen LogP contribution in [-0.4, -0.2) is 19.5 Å². The van der Waals surface area contributed by atoms with Crippen LogP contribution in [0.25, 0.3) is 0 Å². The molecule has 0 aliphatic rings. The lowest BCUT2D eigenvalue weighted by Gasteiger charge is -2.16. The van der Waals surface area contributed by atoms with Crippen LogP contribution in [0.1, 0.15) is 41.3 Å². The fourth-order valence-electron chi connectivity index (χ4n) is 2.32. The summed E-state index contributed by atoms with van der Waals surface area (Å²) in [6, 6.07) is 8.94. The molecule has 0 heterocycles. The predicted octanol–water partition coefficient (Wildman–Crippen LogP) is 4.27. The van der Waals surface area contributed by atoms with Crippen LogP contribution in [0.5, 0.6) is 0 Å². The summed E-state index contributed by atoms with van der Waals surface area (Å²) in [5.74, 6) is -1.25. The average molecular weight is 368 g/mol. The summed E-state index contributed by atoms with van der Waals surface area (Å²) in [6.07, 6.45) is 0. The van der Waals surface area contributed by atoms with Crippen LogP contribution in [0.2, 0.25) is 5.02 Å². The number of anilines is 1.